The summed E-state index contributed by atoms with van der Waals surface area (Å²) >= 11 is 0. The zero-order chi connectivity index (χ0) is 26.5. The molecule has 3 aromatic rings. The molecule has 1 aliphatic heterocycles. The number of amides is 5. The zero-order valence-corrected chi connectivity index (χ0v) is 19.5. The molecule has 1 fully saturated rings. The Morgan fingerprint density at radius 2 is 1.70 bits per heavy atom. The number of para-hydroxylation sites is 1. The van der Waals surface area contributed by atoms with Crippen molar-refractivity contribution < 1.29 is 28.8 Å². The molecule has 0 radical (unpaired) electrons. The SMILES string of the molecule is Cc1ccc(NC(=O)COc2ccccc2/C=C2\C(=O)NC(=O)N(c3ccc([N+](=O)[O-])cc3)C2=O)cc1. The maximum absolute atomic E-state index is 13.1. The van der Waals surface area contributed by atoms with Crippen LogP contribution in [0.2, 0.25) is 0 Å². The highest BCUT2D eigenvalue weighted by Crippen LogP contribution is 2.26. The lowest BCUT2D eigenvalue weighted by atomic mass is 10.1. The van der Waals surface area contributed by atoms with Crippen LogP contribution in [0.1, 0.15) is 11.1 Å². The van der Waals surface area contributed by atoms with Crippen molar-refractivity contribution in [3.8, 4) is 5.75 Å². The normalized spacial score (nSPS) is 14.4. The zero-order valence-electron chi connectivity index (χ0n) is 19.5. The number of anilines is 2. The predicted molar refractivity (Wildman–Crippen MR) is 134 cm³/mol. The molecule has 1 saturated heterocycles. The average Bonchev–Trinajstić information content (AvgIpc) is 2.87. The molecule has 11 nitrogen and oxygen atoms in total. The first-order valence-corrected chi connectivity index (χ1v) is 11.0. The summed E-state index contributed by atoms with van der Waals surface area (Å²) in [4.78, 5) is 61.3. The molecule has 2 N–H and O–H groups in total. The van der Waals surface area contributed by atoms with E-state index < -0.39 is 28.7 Å². The highest BCUT2D eigenvalue weighted by atomic mass is 16.6. The number of hydrogen-bond acceptors (Lipinski definition) is 7. The Labute approximate surface area is 210 Å². The minimum absolute atomic E-state index is 0.0452. The number of carbonyl (C=O) groups is 4. The molecule has 1 heterocycles. The van der Waals surface area contributed by atoms with Crippen LogP contribution in [0.5, 0.6) is 5.75 Å². The molecule has 4 rings (SSSR count). The van der Waals surface area contributed by atoms with E-state index in [-0.39, 0.29) is 29.3 Å². The van der Waals surface area contributed by atoms with Gasteiger partial charge in [-0.2, -0.15) is 0 Å². The molecular weight excluding hydrogens is 480 g/mol. The first kappa shape index (κ1) is 24.8. The number of nitrogens with zero attached hydrogens (tertiary/aromatic N) is 2. The van der Waals surface area contributed by atoms with Gasteiger partial charge in [-0.25, -0.2) is 9.69 Å². The van der Waals surface area contributed by atoms with Gasteiger partial charge in [-0.15, -0.1) is 0 Å². The van der Waals surface area contributed by atoms with Crippen molar-refractivity contribution in [3.05, 3.63) is 99.6 Å². The van der Waals surface area contributed by atoms with Crippen LogP contribution in [-0.4, -0.2) is 35.3 Å². The van der Waals surface area contributed by atoms with E-state index in [1.54, 1.807) is 36.4 Å². The molecule has 5 amide bonds. The molecule has 0 bridgehead atoms. The summed E-state index contributed by atoms with van der Waals surface area (Å²) in [6, 6.07) is 17.4. The summed E-state index contributed by atoms with van der Waals surface area (Å²) < 4.78 is 5.63. The van der Waals surface area contributed by atoms with E-state index in [1.165, 1.54) is 18.2 Å². The van der Waals surface area contributed by atoms with Gasteiger partial charge >= 0.3 is 6.03 Å². The minimum atomic E-state index is -0.988. The van der Waals surface area contributed by atoms with Crippen molar-refractivity contribution in [2.75, 3.05) is 16.8 Å². The molecule has 0 atom stereocenters. The quantitative estimate of drug-likeness (QED) is 0.218. The number of barbiturate groups is 1. The Balaban J connectivity index is 1.54. The number of rotatable bonds is 7. The largest absolute Gasteiger partial charge is 0.483 e. The second-order valence-corrected chi connectivity index (χ2v) is 7.97. The van der Waals surface area contributed by atoms with E-state index >= 15 is 0 Å². The van der Waals surface area contributed by atoms with Crippen LogP contribution in [0.3, 0.4) is 0 Å². The maximum Gasteiger partial charge on any atom is 0.335 e. The van der Waals surface area contributed by atoms with E-state index in [1.807, 2.05) is 19.1 Å². The number of hydrogen-bond donors (Lipinski definition) is 2. The smallest absolute Gasteiger partial charge is 0.335 e. The number of nitrogens with one attached hydrogen (secondary N) is 2. The molecule has 186 valence electrons. The van der Waals surface area contributed by atoms with Crippen molar-refractivity contribution in [1.29, 1.82) is 0 Å². The van der Waals surface area contributed by atoms with Crippen LogP contribution < -0.4 is 20.3 Å². The number of carbonyl (C=O) groups excluding carboxylic acids is 4. The number of nitro groups is 1. The van der Waals surface area contributed by atoms with Gasteiger partial charge in [0.25, 0.3) is 23.4 Å². The summed E-state index contributed by atoms with van der Waals surface area (Å²) in [7, 11) is 0. The van der Waals surface area contributed by atoms with Gasteiger partial charge in [0.1, 0.15) is 11.3 Å². The predicted octanol–water partition coefficient (Wildman–Crippen LogP) is 3.59. The molecular formula is C26H20N4O7. The third kappa shape index (κ3) is 5.68. The van der Waals surface area contributed by atoms with Crippen molar-refractivity contribution in [3.63, 3.8) is 0 Å². The lowest BCUT2D eigenvalue weighted by Crippen LogP contribution is -2.54. The van der Waals surface area contributed by atoms with Crippen molar-refractivity contribution >= 4 is 46.9 Å². The van der Waals surface area contributed by atoms with Gasteiger partial charge in [0.05, 0.1) is 10.6 Å². The van der Waals surface area contributed by atoms with E-state index in [9.17, 15) is 29.3 Å². The molecule has 0 saturated carbocycles. The summed E-state index contributed by atoms with van der Waals surface area (Å²) in [6.45, 7) is 1.60. The van der Waals surface area contributed by atoms with E-state index in [0.717, 1.165) is 17.7 Å². The van der Waals surface area contributed by atoms with Crippen LogP contribution >= 0.6 is 0 Å². The fourth-order valence-electron chi connectivity index (χ4n) is 3.48. The Bertz CT molecular complexity index is 1430. The molecule has 11 heteroatoms. The average molecular weight is 500 g/mol. The number of urea groups is 1. The fourth-order valence-corrected chi connectivity index (χ4v) is 3.48. The van der Waals surface area contributed by atoms with Crippen LogP contribution in [0.4, 0.5) is 21.9 Å². The topological polar surface area (TPSA) is 148 Å². The number of imide groups is 2. The number of non-ortho nitro benzene ring substituents is 1. The summed E-state index contributed by atoms with van der Waals surface area (Å²) in [6.07, 6.45) is 1.25. The summed E-state index contributed by atoms with van der Waals surface area (Å²) in [5.41, 5.74) is 1.43. The lowest BCUT2D eigenvalue weighted by Gasteiger charge is -2.26. The minimum Gasteiger partial charge on any atom is -0.483 e. The standard InChI is InChI=1S/C26H20N4O7/c1-16-6-8-18(9-7-16)27-23(31)15-37-22-5-3-2-4-17(22)14-21-24(32)28-26(34)29(25(21)33)19-10-12-20(13-11-19)30(35)36/h2-14H,15H2,1H3,(H,27,31)(H,28,32,34)/b21-14+. The highest BCUT2D eigenvalue weighted by Gasteiger charge is 2.37. The van der Waals surface area contributed by atoms with Gasteiger partial charge < -0.3 is 10.1 Å². The Morgan fingerprint density at radius 3 is 2.38 bits per heavy atom. The van der Waals surface area contributed by atoms with Crippen LogP contribution in [-0.2, 0) is 14.4 Å². The maximum atomic E-state index is 13.1. The summed E-state index contributed by atoms with van der Waals surface area (Å²) in [5, 5.41) is 15.7. The third-order valence-corrected chi connectivity index (χ3v) is 5.33. The lowest BCUT2D eigenvalue weighted by molar-refractivity contribution is -0.384. The molecule has 1 aliphatic rings. The van der Waals surface area contributed by atoms with E-state index in [4.69, 9.17) is 4.74 Å². The Hall–Kier alpha value is -5.32. The number of ether oxygens (including phenoxy) is 1. The monoisotopic (exact) mass is 500 g/mol. The number of aryl methyl sites for hydroxylation is 1. The number of nitro benzene ring substituents is 1. The van der Waals surface area contributed by atoms with Crippen LogP contribution in [0, 0.1) is 17.0 Å². The van der Waals surface area contributed by atoms with Gasteiger partial charge in [0, 0.05) is 23.4 Å². The second kappa shape index (κ2) is 10.5. The Morgan fingerprint density at radius 1 is 1.03 bits per heavy atom. The van der Waals surface area contributed by atoms with E-state index in [2.05, 4.69) is 10.6 Å². The number of benzene rings is 3. The van der Waals surface area contributed by atoms with Crippen molar-refractivity contribution in [1.82, 2.24) is 5.32 Å². The molecule has 37 heavy (non-hydrogen) atoms. The van der Waals surface area contributed by atoms with Crippen LogP contribution in [0.15, 0.2) is 78.4 Å². The third-order valence-electron chi connectivity index (χ3n) is 5.33. The molecule has 0 aliphatic carbocycles. The van der Waals surface area contributed by atoms with Gasteiger partial charge in [-0.3, -0.25) is 29.8 Å². The molecule has 0 aromatic heterocycles. The van der Waals surface area contributed by atoms with Gasteiger partial charge in [0.2, 0.25) is 0 Å². The molecule has 3 aromatic carbocycles. The second-order valence-electron chi connectivity index (χ2n) is 7.97. The first-order chi connectivity index (χ1) is 17.7. The van der Waals surface area contributed by atoms with E-state index in [0.29, 0.717) is 16.2 Å². The van der Waals surface area contributed by atoms with Gasteiger partial charge in [-0.1, -0.05) is 35.9 Å². The molecule has 0 unspecified atom stereocenters. The summed E-state index contributed by atoms with van der Waals surface area (Å²) in [5.74, 6) is -2.02. The highest BCUT2D eigenvalue weighted by molar-refractivity contribution is 6.39. The van der Waals surface area contributed by atoms with Crippen molar-refractivity contribution in [2.45, 2.75) is 6.92 Å². The van der Waals surface area contributed by atoms with Crippen molar-refractivity contribution in [2.24, 2.45) is 0 Å². The van der Waals surface area contributed by atoms with Gasteiger partial charge in [-0.05, 0) is 43.3 Å². The first-order valence-electron chi connectivity index (χ1n) is 11.0. The fraction of sp³-hybridized carbons (Fsp3) is 0.0769. The van der Waals surface area contributed by atoms with Crippen LogP contribution in [0.25, 0.3) is 6.08 Å². The Kier molecular flexibility index (Phi) is 7.05. The van der Waals surface area contributed by atoms with Gasteiger partial charge in [0.15, 0.2) is 6.61 Å². The molecule has 0 spiro atoms.